The SMILES string of the molecule is Cc1ccc(C)c(CN(CCCN)Cc2ccccc2)c1. The topological polar surface area (TPSA) is 29.3 Å². The van der Waals surface area contributed by atoms with Crippen LogP contribution >= 0.6 is 0 Å². The van der Waals surface area contributed by atoms with Crippen LogP contribution in [0.4, 0.5) is 0 Å². The van der Waals surface area contributed by atoms with Gasteiger partial charge in [-0.15, -0.1) is 0 Å². The van der Waals surface area contributed by atoms with Gasteiger partial charge in [0.25, 0.3) is 0 Å². The summed E-state index contributed by atoms with van der Waals surface area (Å²) in [5.74, 6) is 0. The summed E-state index contributed by atoms with van der Waals surface area (Å²) in [6, 6.07) is 17.4. The zero-order valence-electron chi connectivity index (χ0n) is 13.2. The first-order chi connectivity index (χ1) is 10.2. The van der Waals surface area contributed by atoms with Gasteiger partial charge in [0.2, 0.25) is 0 Å². The maximum Gasteiger partial charge on any atom is 0.0240 e. The highest BCUT2D eigenvalue weighted by Gasteiger charge is 2.08. The van der Waals surface area contributed by atoms with Gasteiger partial charge in [-0.25, -0.2) is 0 Å². The van der Waals surface area contributed by atoms with Crippen molar-refractivity contribution in [1.29, 1.82) is 0 Å². The molecule has 0 heterocycles. The van der Waals surface area contributed by atoms with E-state index in [1.54, 1.807) is 0 Å². The van der Waals surface area contributed by atoms with Gasteiger partial charge in [0.15, 0.2) is 0 Å². The van der Waals surface area contributed by atoms with Crippen molar-refractivity contribution in [2.24, 2.45) is 5.73 Å². The Hall–Kier alpha value is -1.64. The molecule has 0 aliphatic heterocycles. The van der Waals surface area contributed by atoms with Crippen LogP contribution in [0.25, 0.3) is 0 Å². The summed E-state index contributed by atoms with van der Waals surface area (Å²) >= 11 is 0. The second-order valence-corrected chi connectivity index (χ2v) is 5.77. The third kappa shape index (κ3) is 5.00. The van der Waals surface area contributed by atoms with Gasteiger partial charge in [-0.05, 0) is 43.5 Å². The molecule has 0 fully saturated rings. The van der Waals surface area contributed by atoms with E-state index in [9.17, 15) is 0 Å². The molecule has 2 N–H and O–H groups in total. The van der Waals surface area contributed by atoms with Gasteiger partial charge in [-0.2, -0.15) is 0 Å². The van der Waals surface area contributed by atoms with Crippen molar-refractivity contribution in [2.75, 3.05) is 13.1 Å². The van der Waals surface area contributed by atoms with Gasteiger partial charge in [-0.3, -0.25) is 4.90 Å². The minimum absolute atomic E-state index is 0.748. The molecule has 0 radical (unpaired) electrons. The molecule has 0 aliphatic rings. The van der Waals surface area contributed by atoms with E-state index in [-0.39, 0.29) is 0 Å². The van der Waals surface area contributed by atoms with Crippen LogP contribution in [-0.2, 0) is 13.1 Å². The number of benzene rings is 2. The van der Waals surface area contributed by atoms with Crippen LogP contribution in [0.15, 0.2) is 48.5 Å². The third-order valence-electron chi connectivity index (χ3n) is 3.83. The van der Waals surface area contributed by atoms with E-state index in [1.807, 2.05) is 0 Å². The van der Waals surface area contributed by atoms with E-state index in [4.69, 9.17) is 5.73 Å². The lowest BCUT2D eigenvalue weighted by molar-refractivity contribution is 0.254. The van der Waals surface area contributed by atoms with Crippen LogP contribution < -0.4 is 5.73 Å². The highest BCUT2D eigenvalue weighted by molar-refractivity contribution is 5.30. The lowest BCUT2D eigenvalue weighted by Gasteiger charge is -2.23. The molecule has 0 spiro atoms. The molecular weight excluding hydrogens is 256 g/mol. The summed E-state index contributed by atoms with van der Waals surface area (Å²) in [5.41, 5.74) is 11.2. The molecule has 0 aromatic heterocycles. The van der Waals surface area contributed by atoms with Gasteiger partial charge in [-0.1, -0.05) is 54.1 Å². The standard InChI is InChI=1S/C19H26N2/c1-16-9-10-17(2)19(13-16)15-21(12-6-11-20)14-18-7-4-3-5-8-18/h3-5,7-10,13H,6,11-12,14-15,20H2,1-2H3. The summed E-state index contributed by atoms with van der Waals surface area (Å²) < 4.78 is 0. The normalized spacial score (nSPS) is 11.0. The molecule has 0 bridgehead atoms. The van der Waals surface area contributed by atoms with Gasteiger partial charge >= 0.3 is 0 Å². The van der Waals surface area contributed by atoms with Crippen molar-refractivity contribution >= 4 is 0 Å². The van der Waals surface area contributed by atoms with E-state index < -0.39 is 0 Å². The largest absolute Gasteiger partial charge is 0.330 e. The predicted molar refractivity (Wildman–Crippen MR) is 90.1 cm³/mol. The second kappa shape index (κ2) is 7.96. The molecule has 112 valence electrons. The number of nitrogens with zero attached hydrogens (tertiary/aromatic N) is 1. The third-order valence-corrected chi connectivity index (χ3v) is 3.83. The number of rotatable bonds is 7. The minimum atomic E-state index is 0.748. The molecule has 0 atom stereocenters. The molecule has 2 aromatic carbocycles. The monoisotopic (exact) mass is 282 g/mol. The molecule has 0 unspecified atom stereocenters. The molecular formula is C19H26N2. The lowest BCUT2D eigenvalue weighted by Crippen LogP contribution is -2.26. The predicted octanol–water partition coefficient (Wildman–Crippen LogP) is 3.65. The van der Waals surface area contributed by atoms with E-state index in [0.29, 0.717) is 0 Å². The van der Waals surface area contributed by atoms with Gasteiger partial charge in [0.05, 0.1) is 0 Å². The quantitative estimate of drug-likeness (QED) is 0.840. The smallest absolute Gasteiger partial charge is 0.0240 e. The molecule has 2 heteroatoms. The van der Waals surface area contributed by atoms with E-state index in [2.05, 4.69) is 67.3 Å². The van der Waals surface area contributed by atoms with Crippen LogP contribution in [0, 0.1) is 13.8 Å². The summed E-state index contributed by atoms with van der Waals surface area (Å²) in [7, 11) is 0. The summed E-state index contributed by atoms with van der Waals surface area (Å²) in [5, 5.41) is 0. The Balaban J connectivity index is 2.10. The summed E-state index contributed by atoms with van der Waals surface area (Å²) in [6.07, 6.45) is 1.04. The first kappa shape index (κ1) is 15.7. The Morgan fingerprint density at radius 2 is 1.71 bits per heavy atom. The molecule has 21 heavy (non-hydrogen) atoms. The number of nitrogens with two attached hydrogens (primary N) is 1. The maximum atomic E-state index is 5.69. The number of hydrogen-bond acceptors (Lipinski definition) is 2. The summed E-state index contributed by atoms with van der Waals surface area (Å²) in [6.45, 7) is 8.11. The van der Waals surface area contributed by atoms with Gasteiger partial charge in [0, 0.05) is 19.6 Å². The van der Waals surface area contributed by atoms with Crippen LogP contribution in [0.2, 0.25) is 0 Å². The van der Waals surface area contributed by atoms with Crippen LogP contribution in [-0.4, -0.2) is 18.0 Å². The Morgan fingerprint density at radius 3 is 2.43 bits per heavy atom. The van der Waals surface area contributed by atoms with Crippen molar-refractivity contribution in [3.05, 3.63) is 70.8 Å². The highest BCUT2D eigenvalue weighted by Crippen LogP contribution is 2.15. The van der Waals surface area contributed by atoms with E-state index >= 15 is 0 Å². The lowest BCUT2D eigenvalue weighted by atomic mass is 10.0. The van der Waals surface area contributed by atoms with Crippen molar-refractivity contribution in [1.82, 2.24) is 4.90 Å². The first-order valence-electron chi connectivity index (χ1n) is 7.71. The Kier molecular flexibility index (Phi) is 5.97. The fraction of sp³-hybridized carbons (Fsp3) is 0.368. The molecule has 0 aliphatic carbocycles. The van der Waals surface area contributed by atoms with Crippen LogP contribution in [0.5, 0.6) is 0 Å². The number of hydrogen-bond donors (Lipinski definition) is 1. The number of aryl methyl sites for hydroxylation is 2. The molecule has 2 rings (SSSR count). The minimum Gasteiger partial charge on any atom is -0.330 e. The molecule has 0 saturated carbocycles. The molecule has 2 nitrogen and oxygen atoms in total. The molecule has 0 saturated heterocycles. The van der Waals surface area contributed by atoms with Crippen LogP contribution in [0.3, 0.4) is 0 Å². The highest BCUT2D eigenvalue weighted by atomic mass is 15.1. The zero-order valence-corrected chi connectivity index (χ0v) is 13.2. The van der Waals surface area contributed by atoms with Crippen molar-refractivity contribution in [3.8, 4) is 0 Å². The second-order valence-electron chi connectivity index (χ2n) is 5.77. The Morgan fingerprint density at radius 1 is 0.952 bits per heavy atom. The summed E-state index contributed by atoms with van der Waals surface area (Å²) in [4.78, 5) is 2.49. The fourth-order valence-corrected chi connectivity index (χ4v) is 2.58. The van der Waals surface area contributed by atoms with E-state index in [0.717, 1.165) is 32.6 Å². The van der Waals surface area contributed by atoms with Crippen LogP contribution in [0.1, 0.15) is 28.7 Å². The fourth-order valence-electron chi connectivity index (χ4n) is 2.58. The average Bonchev–Trinajstić information content (AvgIpc) is 2.49. The first-order valence-corrected chi connectivity index (χ1v) is 7.71. The van der Waals surface area contributed by atoms with Crippen molar-refractivity contribution in [2.45, 2.75) is 33.4 Å². The van der Waals surface area contributed by atoms with Gasteiger partial charge in [0.1, 0.15) is 0 Å². The zero-order chi connectivity index (χ0) is 15.1. The Bertz CT molecular complexity index is 549. The Labute approximate surface area is 128 Å². The average molecular weight is 282 g/mol. The van der Waals surface area contributed by atoms with Crippen molar-refractivity contribution < 1.29 is 0 Å². The maximum absolute atomic E-state index is 5.69. The van der Waals surface area contributed by atoms with Crippen molar-refractivity contribution in [3.63, 3.8) is 0 Å². The van der Waals surface area contributed by atoms with Gasteiger partial charge < -0.3 is 5.73 Å². The van der Waals surface area contributed by atoms with E-state index in [1.165, 1.54) is 22.3 Å². The molecule has 0 amide bonds. The molecule has 2 aromatic rings.